The minimum absolute atomic E-state index is 0.123. The maximum Gasteiger partial charge on any atom is 0.356 e. The molecule has 0 aromatic carbocycles. The number of hydrogen-bond acceptors (Lipinski definition) is 5. The molecular formula is C11H12N4O3. The molecular weight excluding hydrogens is 236 g/mol. The summed E-state index contributed by atoms with van der Waals surface area (Å²) in [5.74, 6) is -0.281. The first-order valence-corrected chi connectivity index (χ1v) is 5.22. The lowest BCUT2D eigenvalue weighted by molar-refractivity contribution is 0.0690. The van der Waals surface area contributed by atoms with Crippen LogP contribution in [0.1, 0.15) is 21.9 Å². The van der Waals surface area contributed by atoms with E-state index in [9.17, 15) is 4.79 Å². The van der Waals surface area contributed by atoms with Gasteiger partial charge in [0.2, 0.25) is 5.88 Å². The van der Waals surface area contributed by atoms with Crippen molar-refractivity contribution in [3.8, 4) is 11.6 Å². The van der Waals surface area contributed by atoms with Gasteiger partial charge in [0.1, 0.15) is 5.69 Å². The van der Waals surface area contributed by atoms with E-state index in [-0.39, 0.29) is 11.6 Å². The lowest BCUT2D eigenvalue weighted by atomic mass is 10.3. The number of carbonyl (C=O) groups is 1. The summed E-state index contributed by atoms with van der Waals surface area (Å²) in [5.41, 5.74) is 1.47. The molecule has 0 fully saturated rings. The number of aromatic carboxylic acids is 1. The summed E-state index contributed by atoms with van der Waals surface area (Å²) in [6.07, 6.45) is 2.42. The van der Waals surface area contributed by atoms with E-state index in [1.165, 1.54) is 6.20 Å². The van der Waals surface area contributed by atoms with Crippen LogP contribution in [0, 0.1) is 13.8 Å². The molecule has 2 heterocycles. The highest BCUT2D eigenvalue weighted by Gasteiger charge is 2.13. The van der Waals surface area contributed by atoms with Crippen molar-refractivity contribution < 1.29 is 14.6 Å². The molecule has 2 aromatic rings. The van der Waals surface area contributed by atoms with Gasteiger partial charge in [-0.3, -0.25) is 4.68 Å². The molecule has 2 rings (SSSR count). The second-order valence-electron chi connectivity index (χ2n) is 3.77. The quantitative estimate of drug-likeness (QED) is 0.880. The Bertz CT molecular complexity index is 589. The van der Waals surface area contributed by atoms with Crippen LogP contribution in [0.4, 0.5) is 0 Å². The van der Waals surface area contributed by atoms with Gasteiger partial charge < -0.3 is 9.84 Å². The summed E-state index contributed by atoms with van der Waals surface area (Å²) in [7, 11) is 1.81. The Morgan fingerprint density at radius 2 is 2.06 bits per heavy atom. The molecule has 7 heteroatoms. The van der Waals surface area contributed by atoms with E-state index in [0.29, 0.717) is 5.75 Å². The highest BCUT2D eigenvalue weighted by molar-refractivity contribution is 5.84. The number of ether oxygens (including phenoxy) is 1. The van der Waals surface area contributed by atoms with Crippen LogP contribution in [-0.2, 0) is 7.05 Å². The maximum absolute atomic E-state index is 10.6. The molecule has 18 heavy (non-hydrogen) atoms. The van der Waals surface area contributed by atoms with Crippen LogP contribution < -0.4 is 4.74 Å². The molecule has 0 bridgehead atoms. The second-order valence-corrected chi connectivity index (χ2v) is 3.77. The minimum Gasteiger partial charge on any atom is -0.476 e. The predicted molar refractivity (Wildman–Crippen MR) is 61.7 cm³/mol. The molecule has 0 unspecified atom stereocenters. The van der Waals surface area contributed by atoms with Crippen LogP contribution in [0.5, 0.6) is 11.6 Å². The molecule has 0 radical (unpaired) electrons. The Morgan fingerprint density at radius 3 is 2.50 bits per heavy atom. The van der Waals surface area contributed by atoms with E-state index in [2.05, 4.69) is 15.1 Å². The highest BCUT2D eigenvalue weighted by Crippen LogP contribution is 2.26. The minimum atomic E-state index is -1.12. The third-order valence-corrected chi connectivity index (χ3v) is 2.50. The Hall–Kier alpha value is -2.44. The third kappa shape index (κ3) is 2.15. The topological polar surface area (TPSA) is 90.1 Å². The molecule has 0 atom stereocenters. The Morgan fingerprint density at radius 1 is 1.33 bits per heavy atom. The van der Waals surface area contributed by atoms with Gasteiger partial charge in [-0.1, -0.05) is 0 Å². The molecule has 0 saturated heterocycles. The smallest absolute Gasteiger partial charge is 0.356 e. The van der Waals surface area contributed by atoms with Crippen molar-refractivity contribution in [1.29, 1.82) is 0 Å². The molecule has 0 spiro atoms. The molecule has 7 nitrogen and oxygen atoms in total. The maximum atomic E-state index is 10.6. The van der Waals surface area contributed by atoms with Crippen LogP contribution in [0.3, 0.4) is 0 Å². The van der Waals surface area contributed by atoms with Crippen LogP contribution in [0.15, 0.2) is 12.4 Å². The monoisotopic (exact) mass is 248 g/mol. The van der Waals surface area contributed by atoms with Crippen LogP contribution >= 0.6 is 0 Å². The highest BCUT2D eigenvalue weighted by atomic mass is 16.5. The van der Waals surface area contributed by atoms with Gasteiger partial charge in [0, 0.05) is 7.05 Å². The average Bonchev–Trinajstić information content (AvgIpc) is 2.57. The summed E-state index contributed by atoms with van der Waals surface area (Å²) < 4.78 is 7.24. The van der Waals surface area contributed by atoms with E-state index in [1.54, 1.807) is 4.68 Å². The zero-order chi connectivity index (χ0) is 13.3. The van der Waals surface area contributed by atoms with E-state index >= 15 is 0 Å². The number of carboxylic acid groups (broad SMARTS) is 1. The molecule has 2 aromatic heterocycles. The standard InChI is InChI=1S/C11H12N4O3/c1-6-10(7(2)15(3)14-6)18-9-5-12-8(4-13-9)11(16)17/h4-5H,1-3H3,(H,16,17). The first-order valence-electron chi connectivity index (χ1n) is 5.22. The van der Waals surface area contributed by atoms with Gasteiger partial charge in [-0.05, 0) is 13.8 Å². The zero-order valence-electron chi connectivity index (χ0n) is 10.2. The number of hydrogen-bond donors (Lipinski definition) is 1. The summed E-state index contributed by atoms with van der Waals surface area (Å²) in [4.78, 5) is 18.2. The molecule has 0 amide bonds. The van der Waals surface area contributed by atoms with Crippen LogP contribution in [0.25, 0.3) is 0 Å². The van der Waals surface area contributed by atoms with Crippen molar-refractivity contribution in [2.24, 2.45) is 7.05 Å². The van der Waals surface area contributed by atoms with E-state index in [1.807, 2.05) is 20.9 Å². The number of carboxylic acids is 1. The predicted octanol–water partition coefficient (Wildman–Crippen LogP) is 1.32. The Labute approximate surface area is 103 Å². The molecule has 0 aliphatic carbocycles. The third-order valence-electron chi connectivity index (χ3n) is 2.50. The largest absolute Gasteiger partial charge is 0.476 e. The van der Waals surface area contributed by atoms with Gasteiger partial charge in [-0.15, -0.1) is 0 Å². The van der Waals surface area contributed by atoms with Gasteiger partial charge >= 0.3 is 5.97 Å². The van der Waals surface area contributed by atoms with Crippen LogP contribution in [0.2, 0.25) is 0 Å². The van der Waals surface area contributed by atoms with Crippen LogP contribution in [-0.4, -0.2) is 30.8 Å². The Kier molecular flexibility index (Phi) is 2.97. The van der Waals surface area contributed by atoms with Gasteiger partial charge in [0.15, 0.2) is 11.4 Å². The molecule has 0 saturated carbocycles. The van der Waals surface area contributed by atoms with Gasteiger partial charge in [-0.25, -0.2) is 14.8 Å². The summed E-state index contributed by atoms with van der Waals surface area (Å²) in [6, 6.07) is 0. The number of aryl methyl sites for hydroxylation is 2. The van der Waals surface area contributed by atoms with Gasteiger partial charge in [0.05, 0.1) is 18.1 Å². The van der Waals surface area contributed by atoms with E-state index < -0.39 is 5.97 Å². The first-order chi connectivity index (χ1) is 8.49. The van der Waals surface area contributed by atoms with E-state index in [4.69, 9.17) is 9.84 Å². The number of rotatable bonds is 3. The zero-order valence-corrected chi connectivity index (χ0v) is 10.2. The van der Waals surface area contributed by atoms with Crippen molar-refractivity contribution in [3.63, 3.8) is 0 Å². The van der Waals surface area contributed by atoms with Gasteiger partial charge in [-0.2, -0.15) is 5.10 Å². The van der Waals surface area contributed by atoms with Crippen molar-refractivity contribution in [1.82, 2.24) is 19.7 Å². The van der Waals surface area contributed by atoms with Crippen molar-refractivity contribution >= 4 is 5.97 Å². The fourth-order valence-corrected chi connectivity index (χ4v) is 1.49. The number of nitrogens with zero attached hydrogens (tertiary/aromatic N) is 4. The van der Waals surface area contributed by atoms with Gasteiger partial charge in [0.25, 0.3) is 0 Å². The first kappa shape index (κ1) is 12.0. The summed E-state index contributed by atoms with van der Waals surface area (Å²) in [6.45, 7) is 3.69. The SMILES string of the molecule is Cc1nn(C)c(C)c1Oc1cnc(C(=O)O)cn1. The van der Waals surface area contributed by atoms with E-state index in [0.717, 1.165) is 17.6 Å². The van der Waals surface area contributed by atoms with Crippen molar-refractivity contribution in [2.45, 2.75) is 13.8 Å². The number of aromatic nitrogens is 4. The molecule has 0 aliphatic rings. The average molecular weight is 248 g/mol. The summed E-state index contributed by atoms with van der Waals surface area (Å²) >= 11 is 0. The Balaban J connectivity index is 2.26. The lowest BCUT2D eigenvalue weighted by Gasteiger charge is -2.04. The summed E-state index contributed by atoms with van der Waals surface area (Å²) in [5, 5.41) is 12.9. The van der Waals surface area contributed by atoms with Crippen molar-refractivity contribution in [3.05, 3.63) is 29.5 Å². The fourth-order valence-electron chi connectivity index (χ4n) is 1.49. The lowest BCUT2D eigenvalue weighted by Crippen LogP contribution is -2.01. The fraction of sp³-hybridized carbons (Fsp3) is 0.273. The van der Waals surface area contributed by atoms with Crippen molar-refractivity contribution in [2.75, 3.05) is 0 Å². The molecule has 94 valence electrons. The molecule has 1 N–H and O–H groups in total. The normalized spacial score (nSPS) is 10.4. The second kappa shape index (κ2) is 4.44. The molecule has 0 aliphatic heterocycles.